The zero-order valence-corrected chi connectivity index (χ0v) is 16.4. The van der Waals surface area contributed by atoms with Crippen LogP contribution in [0.25, 0.3) is 0 Å². The summed E-state index contributed by atoms with van der Waals surface area (Å²) in [5.74, 6) is -0.0784. The molecule has 0 bridgehead atoms. The van der Waals surface area contributed by atoms with E-state index in [9.17, 15) is 0 Å². The van der Waals surface area contributed by atoms with Gasteiger partial charge in [-0.15, -0.1) is 0 Å². The number of hydrogen-bond acceptors (Lipinski definition) is 4. The van der Waals surface area contributed by atoms with Gasteiger partial charge in [-0.25, -0.2) is 9.78 Å². The van der Waals surface area contributed by atoms with E-state index in [0.29, 0.717) is 5.92 Å². The van der Waals surface area contributed by atoms with Crippen molar-refractivity contribution in [3.8, 4) is 0 Å². The van der Waals surface area contributed by atoms with Crippen LogP contribution in [-0.2, 0) is 19.6 Å². The van der Waals surface area contributed by atoms with Crippen LogP contribution in [-0.4, -0.2) is 17.0 Å². The van der Waals surface area contributed by atoms with Gasteiger partial charge >= 0.3 is 0 Å². The molecule has 0 amide bonds. The molecule has 1 aliphatic rings. The molecule has 0 radical (unpaired) electrons. The van der Waals surface area contributed by atoms with Crippen molar-refractivity contribution in [2.24, 2.45) is 5.92 Å². The van der Waals surface area contributed by atoms with E-state index in [1.807, 2.05) is 0 Å². The second-order valence-corrected chi connectivity index (χ2v) is 8.45. The van der Waals surface area contributed by atoms with Crippen molar-refractivity contribution in [2.45, 2.75) is 117 Å². The molecule has 0 heterocycles. The first-order valence-electron chi connectivity index (χ1n) is 9.37. The van der Waals surface area contributed by atoms with Crippen molar-refractivity contribution >= 4 is 0 Å². The molecule has 0 aromatic rings. The molecule has 0 aliphatic heterocycles. The van der Waals surface area contributed by atoms with Crippen LogP contribution >= 0.6 is 0 Å². The standard InChI is InChI=1S/C19H38O4/c1-8-12-17(4,5)20-22-19(14-10-16(3)11-15-19)23-21-18(6,7)13-9-2/h16H,8-15H2,1-7H3. The van der Waals surface area contributed by atoms with Crippen molar-refractivity contribution in [1.82, 2.24) is 0 Å². The van der Waals surface area contributed by atoms with Crippen LogP contribution < -0.4 is 0 Å². The predicted octanol–water partition coefficient (Wildman–Crippen LogP) is 5.95. The van der Waals surface area contributed by atoms with E-state index >= 15 is 0 Å². The highest BCUT2D eigenvalue weighted by atomic mass is 17.3. The fourth-order valence-corrected chi connectivity index (χ4v) is 3.05. The Labute approximate surface area is 143 Å². The molecule has 138 valence electrons. The minimum Gasteiger partial charge on any atom is -0.228 e. The van der Waals surface area contributed by atoms with Crippen molar-refractivity contribution < 1.29 is 19.6 Å². The van der Waals surface area contributed by atoms with E-state index < -0.39 is 5.79 Å². The Morgan fingerprint density at radius 3 is 1.57 bits per heavy atom. The summed E-state index contributed by atoms with van der Waals surface area (Å²) in [6, 6.07) is 0. The van der Waals surface area contributed by atoms with Crippen LogP contribution in [0.2, 0.25) is 0 Å². The third kappa shape index (κ3) is 7.51. The smallest absolute Gasteiger partial charge is 0.228 e. The Morgan fingerprint density at radius 1 is 0.826 bits per heavy atom. The molecule has 23 heavy (non-hydrogen) atoms. The summed E-state index contributed by atoms with van der Waals surface area (Å²) in [7, 11) is 0. The zero-order chi connectivity index (χ0) is 17.6. The highest BCUT2D eigenvalue weighted by molar-refractivity contribution is 4.78. The zero-order valence-electron chi connectivity index (χ0n) is 16.4. The van der Waals surface area contributed by atoms with Gasteiger partial charge in [0.25, 0.3) is 0 Å². The van der Waals surface area contributed by atoms with E-state index in [0.717, 1.165) is 51.4 Å². The molecule has 0 aromatic carbocycles. The Kier molecular flexibility index (Phi) is 7.99. The molecule has 0 atom stereocenters. The van der Waals surface area contributed by atoms with Crippen LogP contribution in [0.1, 0.15) is 99.8 Å². The lowest BCUT2D eigenvalue weighted by molar-refractivity contribution is -0.549. The van der Waals surface area contributed by atoms with E-state index in [-0.39, 0.29) is 11.2 Å². The van der Waals surface area contributed by atoms with Gasteiger partial charge in [0.2, 0.25) is 5.79 Å². The van der Waals surface area contributed by atoms with E-state index in [1.165, 1.54) is 0 Å². The third-order valence-corrected chi connectivity index (χ3v) is 4.58. The lowest BCUT2D eigenvalue weighted by Crippen LogP contribution is -2.44. The molecule has 0 spiro atoms. The maximum absolute atomic E-state index is 5.86. The first-order valence-corrected chi connectivity index (χ1v) is 9.37. The van der Waals surface area contributed by atoms with Crippen LogP contribution in [0.3, 0.4) is 0 Å². The average Bonchev–Trinajstić information content (AvgIpc) is 2.46. The third-order valence-electron chi connectivity index (χ3n) is 4.58. The van der Waals surface area contributed by atoms with Gasteiger partial charge in [0, 0.05) is 12.8 Å². The lowest BCUT2D eigenvalue weighted by atomic mass is 9.86. The Balaban J connectivity index is 2.67. The summed E-state index contributed by atoms with van der Waals surface area (Å²) in [4.78, 5) is 23.3. The summed E-state index contributed by atoms with van der Waals surface area (Å²) < 4.78 is 0. The van der Waals surface area contributed by atoms with Gasteiger partial charge in [-0.3, -0.25) is 0 Å². The van der Waals surface area contributed by atoms with E-state index in [1.54, 1.807) is 0 Å². The molecule has 1 rings (SSSR count). The van der Waals surface area contributed by atoms with E-state index in [2.05, 4.69) is 48.5 Å². The topological polar surface area (TPSA) is 36.9 Å². The number of rotatable bonds is 10. The van der Waals surface area contributed by atoms with Crippen molar-refractivity contribution in [3.63, 3.8) is 0 Å². The van der Waals surface area contributed by atoms with E-state index in [4.69, 9.17) is 19.6 Å². The molecule has 0 aromatic heterocycles. The lowest BCUT2D eigenvalue weighted by Gasteiger charge is -2.40. The van der Waals surface area contributed by atoms with Crippen molar-refractivity contribution in [3.05, 3.63) is 0 Å². The highest BCUT2D eigenvalue weighted by Gasteiger charge is 2.42. The molecule has 4 nitrogen and oxygen atoms in total. The maximum atomic E-state index is 5.86. The highest BCUT2D eigenvalue weighted by Crippen LogP contribution is 2.38. The van der Waals surface area contributed by atoms with Gasteiger partial charge in [0.05, 0.1) is 11.2 Å². The average molecular weight is 331 g/mol. The molecule has 1 aliphatic carbocycles. The largest absolute Gasteiger partial charge is 0.234 e. The molecule has 1 fully saturated rings. The monoisotopic (exact) mass is 330 g/mol. The minimum absolute atomic E-state index is 0.312. The Morgan fingerprint density at radius 2 is 1.22 bits per heavy atom. The SMILES string of the molecule is CCCC(C)(C)OOC1(OOC(C)(C)CCC)CCC(C)CC1. The Hall–Kier alpha value is -0.160. The molecular weight excluding hydrogens is 292 g/mol. The first kappa shape index (κ1) is 20.9. The van der Waals surface area contributed by atoms with Crippen LogP contribution in [0.15, 0.2) is 0 Å². The molecule has 0 unspecified atom stereocenters. The summed E-state index contributed by atoms with van der Waals surface area (Å²) >= 11 is 0. The van der Waals surface area contributed by atoms with Gasteiger partial charge in [0.15, 0.2) is 0 Å². The second kappa shape index (κ2) is 8.80. The summed E-state index contributed by atoms with van der Waals surface area (Å²) in [5.41, 5.74) is -0.625. The first-order chi connectivity index (χ1) is 10.6. The quantitative estimate of drug-likeness (QED) is 0.282. The second-order valence-electron chi connectivity index (χ2n) is 8.45. The molecule has 1 saturated carbocycles. The predicted molar refractivity (Wildman–Crippen MR) is 92.7 cm³/mol. The van der Waals surface area contributed by atoms with Crippen LogP contribution in [0, 0.1) is 5.92 Å². The molecule has 0 N–H and O–H groups in total. The van der Waals surface area contributed by atoms with Crippen LogP contribution in [0.5, 0.6) is 0 Å². The van der Waals surface area contributed by atoms with Gasteiger partial charge in [-0.1, -0.05) is 33.6 Å². The summed E-state index contributed by atoms with van der Waals surface area (Å²) in [5, 5.41) is 0. The van der Waals surface area contributed by atoms with Gasteiger partial charge in [-0.05, 0) is 59.3 Å². The number of hydrogen-bond donors (Lipinski definition) is 0. The fourth-order valence-electron chi connectivity index (χ4n) is 3.05. The summed E-state index contributed by atoms with van der Waals surface area (Å²) in [6.45, 7) is 14.8. The van der Waals surface area contributed by atoms with Gasteiger partial charge < -0.3 is 0 Å². The van der Waals surface area contributed by atoms with Gasteiger partial charge in [-0.2, -0.15) is 9.78 Å². The van der Waals surface area contributed by atoms with Crippen molar-refractivity contribution in [1.29, 1.82) is 0 Å². The minimum atomic E-state index is -0.775. The molecule has 4 heteroatoms. The molecule has 0 saturated heterocycles. The fraction of sp³-hybridized carbons (Fsp3) is 1.00. The van der Waals surface area contributed by atoms with Gasteiger partial charge in [0.1, 0.15) is 0 Å². The Bertz CT molecular complexity index is 306. The van der Waals surface area contributed by atoms with Crippen LogP contribution in [0.4, 0.5) is 0 Å². The van der Waals surface area contributed by atoms with Crippen molar-refractivity contribution in [2.75, 3.05) is 0 Å². The normalized spacial score (nSPS) is 20.0. The molecular formula is C19H38O4. The maximum Gasteiger partial charge on any atom is 0.234 e. The summed E-state index contributed by atoms with van der Waals surface area (Å²) in [6.07, 6.45) is 7.74.